The Kier molecular flexibility index (Phi) is 5.99. The van der Waals surface area contributed by atoms with Crippen LogP contribution in [-0.2, 0) is 9.59 Å². The summed E-state index contributed by atoms with van der Waals surface area (Å²) in [7, 11) is 0. The highest BCUT2D eigenvalue weighted by Gasteiger charge is 2.60. The third-order valence-corrected chi connectivity index (χ3v) is 5.03. The zero-order valence-corrected chi connectivity index (χ0v) is 13.4. The molecule has 1 aliphatic rings. The zero-order valence-electron chi connectivity index (χ0n) is 13.4. The van der Waals surface area contributed by atoms with Gasteiger partial charge in [-0.05, 0) is 32.6 Å². The molecule has 4 nitrogen and oxygen atoms in total. The quantitative estimate of drug-likeness (QED) is 0.657. The van der Waals surface area contributed by atoms with E-state index in [2.05, 4.69) is 0 Å². The third-order valence-electron chi connectivity index (χ3n) is 5.03. The standard InChI is InChI=1S/C17H28O4/c1-4-6-9-16(14(18)19)11-8-13(3)12-17(16,15(20)21)10-7-5-2/h8H,4-7,9-12H2,1-3H3,(H,18,19)(H,20,21). The van der Waals surface area contributed by atoms with Gasteiger partial charge in [-0.2, -0.15) is 0 Å². The Morgan fingerprint density at radius 2 is 1.52 bits per heavy atom. The summed E-state index contributed by atoms with van der Waals surface area (Å²) in [6, 6.07) is 0. The summed E-state index contributed by atoms with van der Waals surface area (Å²) in [5, 5.41) is 19.8. The first kappa shape index (κ1) is 17.7. The fourth-order valence-corrected chi connectivity index (χ4v) is 3.67. The zero-order chi connectivity index (χ0) is 16.1. The molecular weight excluding hydrogens is 268 g/mol. The van der Waals surface area contributed by atoms with Gasteiger partial charge in [-0.15, -0.1) is 0 Å². The summed E-state index contributed by atoms with van der Waals surface area (Å²) in [5.74, 6) is -1.89. The Labute approximate surface area is 127 Å². The van der Waals surface area contributed by atoms with E-state index in [0.717, 1.165) is 31.3 Å². The predicted molar refractivity (Wildman–Crippen MR) is 82.2 cm³/mol. The SMILES string of the molecule is CCCCC1(C(=O)O)CC=C(C)CC1(CCCC)C(=O)O. The average Bonchev–Trinajstić information content (AvgIpc) is 2.43. The lowest BCUT2D eigenvalue weighted by Crippen LogP contribution is -2.54. The molecule has 2 unspecified atom stereocenters. The molecule has 0 aromatic carbocycles. The lowest BCUT2D eigenvalue weighted by atomic mass is 9.53. The number of carboxylic acids is 2. The average molecular weight is 296 g/mol. The summed E-state index contributed by atoms with van der Waals surface area (Å²) in [4.78, 5) is 24.2. The Balaban J connectivity index is 3.37. The molecule has 0 bridgehead atoms. The number of carbonyl (C=O) groups is 2. The highest BCUT2D eigenvalue weighted by Crippen LogP contribution is 2.56. The number of unbranched alkanes of at least 4 members (excludes halogenated alkanes) is 2. The highest BCUT2D eigenvalue weighted by atomic mass is 16.4. The van der Waals surface area contributed by atoms with Crippen LogP contribution in [0.1, 0.15) is 72.1 Å². The fourth-order valence-electron chi connectivity index (χ4n) is 3.67. The molecule has 21 heavy (non-hydrogen) atoms. The largest absolute Gasteiger partial charge is 0.481 e. The molecule has 0 saturated heterocycles. The normalized spacial score (nSPS) is 29.0. The van der Waals surface area contributed by atoms with Gasteiger partial charge in [0.2, 0.25) is 0 Å². The maximum absolute atomic E-state index is 12.1. The monoisotopic (exact) mass is 296 g/mol. The van der Waals surface area contributed by atoms with Gasteiger partial charge in [-0.1, -0.05) is 51.2 Å². The lowest BCUT2D eigenvalue weighted by molar-refractivity contribution is -0.177. The second-order valence-electron chi connectivity index (χ2n) is 6.41. The van der Waals surface area contributed by atoms with Crippen LogP contribution in [-0.4, -0.2) is 22.2 Å². The molecule has 0 fully saturated rings. The van der Waals surface area contributed by atoms with E-state index in [1.54, 1.807) is 0 Å². The topological polar surface area (TPSA) is 74.6 Å². The van der Waals surface area contributed by atoms with Crippen molar-refractivity contribution in [3.8, 4) is 0 Å². The summed E-state index contributed by atoms with van der Waals surface area (Å²) >= 11 is 0. The van der Waals surface area contributed by atoms with Gasteiger partial charge in [0.05, 0.1) is 10.8 Å². The Bertz CT molecular complexity index is 427. The molecule has 0 aromatic rings. The number of aliphatic carboxylic acids is 2. The van der Waals surface area contributed by atoms with Gasteiger partial charge in [0.25, 0.3) is 0 Å². The van der Waals surface area contributed by atoms with Crippen LogP contribution in [0.2, 0.25) is 0 Å². The van der Waals surface area contributed by atoms with Crippen molar-refractivity contribution >= 4 is 11.9 Å². The van der Waals surface area contributed by atoms with Crippen LogP contribution in [0.5, 0.6) is 0 Å². The molecule has 0 spiro atoms. The van der Waals surface area contributed by atoms with E-state index in [1.807, 2.05) is 26.8 Å². The maximum Gasteiger partial charge on any atom is 0.311 e. The predicted octanol–water partition coefficient (Wildman–Crippen LogP) is 4.25. The number of carboxylic acid groups (broad SMARTS) is 2. The van der Waals surface area contributed by atoms with Crippen LogP contribution in [0.3, 0.4) is 0 Å². The van der Waals surface area contributed by atoms with Gasteiger partial charge in [0, 0.05) is 0 Å². The second-order valence-corrected chi connectivity index (χ2v) is 6.41. The molecule has 1 aliphatic carbocycles. The van der Waals surface area contributed by atoms with Gasteiger partial charge < -0.3 is 10.2 Å². The summed E-state index contributed by atoms with van der Waals surface area (Å²) < 4.78 is 0. The summed E-state index contributed by atoms with van der Waals surface area (Å²) in [6.07, 6.45) is 6.77. The van der Waals surface area contributed by atoms with Gasteiger partial charge in [0.1, 0.15) is 0 Å². The van der Waals surface area contributed by atoms with Gasteiger partial charge in [0.15, 0.2) is 0 Å². The number of hydrogen-bond donors (Lipinski definition) is 2. The van der Waals surface area contributed by atoms with Crippen molar-refractivity contribution in [3.05, 3.63) is 11.6 Å². The molecular formula is C17H28O4. The van der Waals surface area contributed by atoms with Gasteiger partial charge >= 0.3 is 11.9 Å². The van der Waals surface area contributed by atoms with Crippen molar-refractivity contribution in [2.75, 3.05) is 0 Å². The van der Waals surface area contributed by atoms with E-state index in [0.29, 0.717) is 25.7 Å². The molecule has 0 radical (unpaired) electrons. The minimum Gasteiger partial charge on any atom is -0.481 e. The fraction of sp³-hybridized carbons (Fsp3) is 0.765. The first-order valence-corrected chi connectivity index (χ1v) is 7.98. The summed E-state index contributed by atoms with van der Waals surface area (Å²) in [6.45, 7) is 5.93. The lowest BCUT2D eigenvalue weighted by Gasteiger charge is -2.48. The van der Waals surface area contributed by atoms with Crippen molar-refractivity contribution in [1.82, 2.24) is 0 Å². The molecule has 0 aromatic heterocycles. The van der Waals surface area contributed by atoms with E-state index in [-0.39, 0.29) is 0 Å². The molecule has 4 heteroatoms. The number of hydrogen-bond acceptors (Lipinski definition) is 2. The first-order valence-electron chi connectivity index (χ1n) is 7.98. The highest BCUT2D eigenvalue weighted by molar-refractivity contribution is 5.87. The summed E-state index contributed by atoms with van der Waals surface area (Å²) in [5.41, 5.74) is -1.33. The van der Waals surface area contributed by atoms with Gasteiger partial charge in [-0.3, -0.25) is 9.59 Å². The van der Waals surface area contributed by atoms with E-state index < -0.39 is 22.8 Å². The Morgan fingerprint density at radius 1 is 1.05 bits per heavy atom. The van der Waals surface area contributed by atoms with Crippen LogP contribution in [0.15, 0.2) is 11.6 Å². The Hall–Kier alpha value is -1.32. The van der Waals surface area contributed by atoms with Crippen LogP contribution in [0.4, 0.5) is 0 Å². The van der Waals surface area contributed by atoms with Crippen molar-refractivity contribution in [2.24, 2.45) is 10.8 Å². The van der Waals surface area contributed by atoms with Crippen molar-refractivity contribution < 1.29 is 19.8 Å². The minimum absolute atomic E-state index is 0.337. The number of allylic oxidation sites excluding steroid dienone is 2. The van der Waals surface area contributed by atoms with E-state index >= 15 is 0 Å². The molecule has 2 atom stereocenters. The molecule has 1 rings (SSSR count). The number of rotatable bonds is 8. The van der Waals surface area contributed by atoms with E-state index in [9.17, 15) is 19.8 Å². The third kappa shape index (κ3) is 3.14. The van der Waals surface area contributed by atoms with Crippen molar-refractivity contribution in [1.29, 1.82) is 0 Å². The molecule has 120 valence electrons. The molecule has 0 amide bonds. The maximum atomic E-state index is 12.1. The van der Waals surface area contributed by atoms with Crippen LogP contribution >= 0.6 is 0 Å². The molecule has 2 N–H and O–H groups in total. The molecule has 0 heterocycles. The second kappa shape index (κ2) is 7.10. The van der Waals surface area contributed by atoms with E-state index in [1.165, 1.54) is 0 Å². The minimum atomic E-state index is -1.16. The molecule has 0 aliphatic heterocycles. The van der Waals surface area contributed by atoms with Crippen LogP contribution < -0.4 is 0 Å². The van der Waals surface area contributed by atoms with E-state index in [4.69, 9.17) is 0 Å². The molecule has 0 saturated carbocycles. The van der Waals surface area contributed by atoms with Gasteiger partial charge in [-0.25, -0.2) is 0 Å². The van der Waals surface area contributed by atoms with Crippen molar-refractivity contribution in [3.63, 3.8) is 0 Å². The van der Waals surface area contributed by atoms with Crippen LogP contribution in [0, 0.1) is 10.8 Å². The smallest absolute Gasteiger partial charge is 0.311 e. The van der Waals surface area contributed by atoms with Crippen LogP contribution in [0.25, 0.3) is 0 Å². The van der Waals surface area contributed by atoms with Crippen molar-refractivity contribution in [2.45, 2.75) is 72.1 Å². The Morgan fingerprint density at radius 3 is 1.95 bits per heavy atom. The first-order chi connectivity index (χ1) is 9.86.